The molecule has 3 aromatic rings. The summed E-state index contributed by atoms with van der Waals surface area (Å²) < 4.78 is 0. The minimum atomic E-state index is -0.288. The predicted octanol–water partition coefficient (Wildman–Crippen LogP) is 5.41. The van der Waals surface area contributed by atoms with Crippen LogP contribution >= 0.6 is 11.6 Å². The van der Waals surface area contributed by atoms with Crippen LogP contribution in [0.3, 0.4) is 0 Å². The van der Waals surface area contributed by atoms with Crippen molar-refractivity contribution in [3.05, 3.63) is 64.5 Å². The molecule has 0 radical (unpaired) electrons. The van der Waals surface area contributed by atoms with Gasteiger partial charge in [0.15, 0.2) is 0 Å². The molecule has 3 aromatic carbocycles. The highest BCUT2D eigenvalue weighted by Crippen LogP contribution is 2.37. The van der Waals surface area contributed by atoms with Gasteiger partial charge in [0, 0.05) is 17.5 Å². The largest absolute Gasteiger partial charge is 0.506 e. The van der Waals surface area contributed by atoms with Crippen molar-refractivity contribution in [1.82, 2.24) is 0 Å². The number of azo groups is 1. The highest BCUT2D eigenvalue weighted by Gasteiger charge is 2.14. The lowest BCUT2D eigenvalue weighted by Crippen LogP contribution is -1.90. The van der Waals surface area contributed by atoms with E-state index < -0.39 is 0 Å². The SMILES string of the molecule is O=[N+](O)c1ccc(/N=N/c2c(O)ccc3ccccc23)c(Cl)c1. The van der Waals surface area contributed by atoms with Gasteiger partial charge >= 0.3 is 5.69 Å². The van der Waals surface area contributed by atoms with E-state index >= 15 is 0 Å². The molecule has 0 spiro atoms. The van der Waals surface area contributed by atoms with Gasteiger partial charge < -0.3 is 5.11 Å². The van der Waals surface area contributed by atoms with Gasteiger partial charge in [-0.15, -0.1) is 10.2 Å². The van der Waals surface area contributed by atoms with Crippen LogP contribution in [-0.4, -0.2) is 15.2 Å². The Morgan fingerprint density at radius 2 is 1.78 bits per heavy atom. The maximum absolute atomic E-state index is 10.8. The summed E-state index contributed by atoms with van der Waals surface area (Å²) in [4.78, 5) is 10.5. The van der Waals surface area contributed by atoms with E-state index in [9.17, 15) is 10.0 Å². The topological polar surface area (TPSA) is 85.3 Å². The normalized spacial score (nSPS) is 11.2. The van der Waals surface area contributed by atoms with Crippen LogP contribution in [0, 0.1) is 4.91 Å². The lowest BCUT2D eigenvalue weighted by atomic mass is 10.1. The number of aromatic hydroxyl groups is 1. The van der Waals surface area contributed by atoms with Crippen molar-refractivity contribution in [2.45, 2.75) is 0 Å². The van der Waals surface area contributed by atoms with E-state index in [-0.39, 0.29) is 21.4 Å². The van der Waals surface area contributed by atoms with Gasteiger partial charge in [-0.3, -0.25) is 0 Å². The second kappa shape index (κ2) is 6.02. The fraction of sp³-hybridized carbons (Fsp3) is 0. The summed E-state index contributed by atoms with van der Waals surface area (Å²) in [5, 5.41) is 28.8. The second-order valence-electron chi connectivity index (χ2n) is 4.76. The zero-order valence-electron chi connectivity index (χ0n) is 11.7. The molecule has 0 amide bonds. The van der Waals surface area contributed by atoms with E-state index in [1.54, 1.807) is 12.1 Å². The minimum Gasteiger partial charge on any atom is -0.506 e. The molecule has 0 saturated carbocycles. The smallest absolute Gasteiger partial charge is 0.318 e. The van der Waals surface area contributed by atoms with Crippen LogP contribution in [-0.2, 0) is 0 Å². The Morgan fingerprint density at radius 1 is 1.00 bits per heavy atom. The molecule has 114 valence electrons. The Morgan fingerprint density at radius 3 is 2.52 bits per heavy atom. The number of halogens is 1. The fourth-order valence-electron chi connectivity index (χ4n) is 2.15. The predicted molar refractivity (Wildman–Crippen MR) is 86.3 cm³/mol. The van der Waals surface area contributed by atoms with Gasteiger partial charge in [0.05, 0.1) is 9.93 Å². The molecule has 2 N–H and O–H groups in total. The van der Waals surface area contributed by atoms with Crippen molar-refractivity contribution in [2.24, 2.45) is 10.2 Å². The Balaban J connectivity index is 2.04. The lowest BCUT2D eigenvalue weighted by Gasteiger charge is -2.03. The molecule has 7 heteroatoms. The van der Waals surface area contributed by atoms with Crippen molar-refractivity contribution >= 4 is 39.4 Å². The molecule has 0 unspecified atom stereocenters. The third-order valence-corrected chi connectivity index (χ3v) is 3.59. The molecule has 6 nitrogen and oxygen atoms in total. The molecule has 0 aromatic heterocycles. The first-order chi connectivity index (χ1) is 11.1. The molecule has 23 heavy (non-hydrogen) atoms. The van der Waals surface area contributed by atoms with Crippen LogP contribution in [0.2, 0.25) is 5.02 Å². The van der Waals surface area contributed by atoms with E-state index in [1.807, 2.05) is 24.3 Å². The quantitative estimate of drug-likeness (QED) is 0.497. The molecule has 0 bridgehead atoms. The van der Waals surface area contributed by atoms with Crippen molar-refractivity contribution in [3.8, 4) is 5.75 Å². The number of benzene rings is 3. The first-order valence-corrected chi connectivity index (χ1v) is 7.02. The van der Waals surface area contributed by atoms with E-state index in [0.717, 1.165) is 10.8 Å². The summed E-state index contributed by atoms with van der Waals surface area (Å²) in [7, 11) is 0. The van der Waals surface area contributed by atoms with Gasteiger partial charge in [-0.05, 0) is 17.5 Å². The number of phenolic OH excluding ortho intramolecular Hbond substituents is 1. The number of rotatable bonds is 3. The summed E-state index contributed by atoms with van der Waals surface area (Å²) in [6, 6.07) is 14.9. The van der Waals surface area contributed by atoms with E-state index in [0.29, 0.717) is 11.4 Å². The molecule has 0 aliphatic rings. The van der Waals surface area contributed by atoms with Gasteiger partial charge in [0.25, 0.3) is 4.92 Å². The fourth-order valence-corrected chi connectivity index (χ4v) is 2.36. The Kier molecular flexibility index (Phi) is 3.91. The van der Waals surface area contributed by atoms with Crippen molar-refractivity contribution in [1.29, 1.82) is 0 Å². The van der Waals surface area contributed by atoms with Gasteiger partial charge in [-0.1, -0.05) is 41.9 Å². The van der Waals surface area contributed by atoms with Gasteiger partial charge in [0.1, 0.15) is 17.1 Å². The maximum Gasteiger partial charge on any atom is 0.318 e. The monoisotopic (exact) mass is 328 g/mol. The Bertz CT molecular complexity index is 941. The third kappa shape index (κ3) is 2.97. The summed E-state index contributed by atoms with van der Waals surface area (Å²) in [5.74, 6) is 0.00119. The van der Waals surface area contributed by atoms with Crippen LogP contribution in [0.15, 0.2) is 64.8 Å². The molecule has 0 aliphatic heterocycles. The van der Waals surface area contributed by atoms with Gasteiger partial charge in [-0.25, -0.2) is 5.21 Å². The van der Waals surface area contributed by atoms with Gasteiger partial charge in [0.2, 0.25) is 0 Å². The highest BCUT2D eigenvalue weighted by atomic mass is 35.5. The Hall–Kier alpha value is -2.99. The van der Waals surface area contributed by atoms with E-state index in [2.05, 4.69) is 10.2 Å². The molecule has 0 heterocycles. The van der Waals surface area contributed by atoms with E-state index in [1.165, 1.54) is 18.2 Å². The summed E-state index contributed by atoms with van der Waals surface area (Å²) in [6.07, 6.45) is 0. The van der Waals surface area contributed by atoms with Crippen molar-refractivity contribution < 1.29 is 15.2 Å². The molecule has 0 aliphatic carbocycles. The molecule has 3 rings (SSSR count). The average Bonchev–Trinajstić information content (AvgIpc) is 2.55. The zero-order chi connectivity index (χ0) is 16.4. The summed E-state index contributed by atoms with van der Waals surface area (Å²) in [6.45, 7) is 0. The van der Waals surface area contributed by atoms with Crippen LogP contribution in [0.4, 0.5) is 17.1 Å². The minimum absolute atomic E-state index is 0.00119. The first-order valence-electron chi connectivity index (χ1n) is 6.64. The lowest BCUT2D eigenvalue weighted by molar-refractivity contribution is -0.729. The summed E-state index contributed by atoms with van der Waals surface area (Å²) in [5.41, 5.74) is 0.627. The number of hydrogen-bond acceptors (Lipinski definition) is 4. The maximum atomic E-state index is 10.8. The van der Waals surface area contributed by atoms with Crippen LogP contribution in [0.1, 0.15) is 0 Å². The highest BCUT2D eigenvalue weighted by molar-refractivity contribution is 6.33. The number of phenols is 1. The Labute approximate surface area is 135 Å². The third-order valence-electron chi connectivity index (χ3n) is 3.29. The number of fused-ring (bicyclic) bond motifs is 1. The number of hydrogen-bond donors (Lipinski definition) is 2. The molecule has 0 fully saturated rings. The van der Waals surface area contributed by atoms with Gasteiger partial charge in [-0.2, -0.15) is 0 Å². The zero-order valence-corrected chi connectivity index (χ0v) is 12.5. The molecular formula is C16H11ClN3O3+. The van der Waals surface area contributed by atoms with Crippen LogP contribution < -0.4 is 0 Å². The van der Waals surface area contributed by atoms with Crippen molar-refractivity contribution in [3.63, 3.8) is 0 Å². The first kappa shape index (κ1) is 14.9. The standard InChI is InChI=1S/C16H10ClN3O3/c17-13-9-11(20(22)23)6-7-14(13)18-19-16-12-4-2-1-3-10(12)5-8-15(16)21/h1-9H,(H-,18,21,22,23)/p+1. The van der Waals surface area contributed by atoms with Crippen molar-refractivity contribution in [2.75, 3.05) is 0 Å². The van der Waals surface area contributed by atoms with E-state index in [4.69, 9.17) is 16.8 Å². The molecule has 0 atom stereocenters. The van der Waals surface area contributed by atoms with Crippen LogP contribution in [0.25, 0.3) is 10.8 Å². The molecule has 0 saturated heterocycles. The molecular weight excluding hydrogens is 318 g/mol. The van der Waals surface area contributed by atoms with Crippen LogP contribution in [0.5, 0.6) is 5.75 Å². The number of nitrogens with zero attached hydrogens (tertiary/aromatic N) is 3. The second-order valence-corrected chi connectivity index (χ2v) is 5.17. The summed E-state index contributed by atoms with van der Waals surface area (Å²) >= 11 is 6.00. The average molecular weight is 329 g/mol.